The second-order valence-electron chi connectivity index (χ2n) is 11.3. The summed E-state index contributed by atoms with van der Waals surface area (Å²) in [7, 11) is 0. The van der Waals surface area contributed by atoms with Gasteiger partial charge in [-0.1, -0.05) is 133 Å². The Hall–Kier alpha value is -5.46. The predicted molar refractivity (Wildman–Crippen MR) is 182 cm³/mol. The standard InChI is InChI=1S/C42H26/c1-5-13-35-28(9-1)21-22-39-41(26-30-11-3-6-14-36(30)42(35)39)32-20-18-27-17-19-31(23-33(27)24-32)40-25-29-10-2-4-12-34(29)37-15-7-8-16-38(37)40/h1-26H. The van der Waals surface area contributed by atoms with E-state index in [1.165, 1.54) is 86.9 Å². The lowest BCUT2D eigenvalue weighted by Crippen LogP contribution is -1.88. The molecular weight excluding hydrogens is 504 g/mol. The van der Waals surface area contributed by atoms with Crippen molar-refractivity contribution in [1.82, 2.24) is 0 Å². The first-order valence-electron chi connectivity index (χ1n) is 14.6. The average molecular weight is 531 g/mol. The van der Waals surface area contributed by atoms with E-state index in [2.05, 4.69) is 158 Å². The highest BCUT2D eigenvalue weighted by Crippen LogP contribution is 2.41. The predicted octanol–water partition coefficient (Wildman–Crippen LogP) is 11.9. The van der Waals surface area contributed by atoms with E-state index < -0.39 is 0 Å². The van der Waals surface area contributed by atoms with Crippen molar-refractivity contribution in [2.24, 2.45) is 0 Å². The Labute approximate surface area is 244 Å². The Bertz CT molecular complexity index is 2500. The number of benzene rings is 9. The molecule has 0 aliphatic rings. The number of hydrogen-bond acceptors (Lipinski definition) is 0. The van der Waals surface area contributed by atoms with Gasteiger partial charge in [0.1, 0.15) is 0 Å². The summed E-state index contributed by atoms with van der Waals surface area (Å²) in [5.74, 6) is 0. The maximum absolute atomic E-state index is 2.38. The fraction of sp³-hybridized carbons (Fsp3) is 0. The number of hydrogen-bond donors (Lipinski definition) is 0. The summed E-state index contributed by atoms with van der Waals surface area (Å²) in [5, 5.41) is 15.5. The summed E-state index contributed by atoms with van der Waals surface area (Å²) in [4.78, 5) is 0. The maximum Gasteiger partial charge on any atom is -0.00206 e. The normalized spacial score (nSPS) is 11.8. The molecule has 9 aromatic rings. The molecule has 0 heteroatoms. The zero-order chi connectivity index (χ0) is 27.6. The van der Waals surface area contributed by atoms with Gasteiger partial charge in [0.25, 0.3) is 0 Å². The van der Waals surface area contributed by atoms with E-state index in [4.69, 9.17) is 0 Å². The third kappa shape index (κ3) is 3.49. The molecule has 0 nitrogen and oxygen atoms in total. The van der Waals surface area contributed by atoms with E-state index in [9.17, 15) is 0 Å². The van der Waals surface area contributed by atoms with Gasteiger partial charge in [-0.05, 0) is 111 Å². The minimum atomic E-state index is 1.24. The van der Waals surface area contributed by atoms with E-state index in [-0.39, 0.29) is 0 Å². The van der Waals surface area contributed by atoms with Crippen molar-refractivity contribution in [2.75, 3.05) is 0 Å². The van der Waals surface area contributed by atoms with E-state index in [0.717, 1.165) is 0 Å². The molecule has 0 bridgehead atoms. The Balaban J connectivity index is 1.29. The molecule has 42 heavy (non-hydrogen) atoms. The molecule has 9 aromatic carbocycles. The fourth-order valence-corrected chi connectivity index (χ4v) is 6.98. The third-order valence-corrected chi connectivity index (χ3v) is 8.98. The van der Waals surface area contributed by atoms with Crippen molar-refractivity contribution in [3.05, 3.63) is 158 Å². The van der Waals surface area contributed by atoms with Crippen LogP contribution in [0.1, 0.15) is 0 Å². The monoisotopic (exact) mass is 530 g/mol. The molecule has 0 N–H and O–H groups in total. The van der Waals surface area contributed by atoms with Gasteiger partial charge in [0.15, 0.2) is 0 Å². The molecule has 0 saturated carbocycles. The van der Waals surface area contributed by atoms with Gasteiger partial charge in [0, 0.05) is 0 Å². The molecule has 0 aliphatic heterocycles. The Kier molecular flexibility index (Phi) is 5.00. The van der Waals surface area contributed by atoms with Gasteiger partial charge in [0.2, 0.25) is 0 Å². The van der Waals surface area contributed by atoms with Crippen LogP contribution in [0.5, 0.6) is 0 Å². The number of rotatable bonds is 2. The second-order valence-corrected chi connectivity index (χ2v) is 11.3. The quantitative estimate of drug-likeness (QED) is 0.195. The van der Waals surface area contributed by atoms with Crippen LogP contribution in [0.4, 0.5) is 0 Å². The fourth-order valence-electron chi connectivity index (χ4n) is 6.98. The molecule has 0 aromatic heterocycles. The highest BCUT2D eigenvalue weighted by Gasteiger charge is 2.13. The van der Waals surface area contributed by atoms with Crippen molar-refractivity contribution in [3.63, 3.8) is 0 Å². The smallest absolute Gasteiger partial charge is 0.00206 e. The van der Waals surface area contributed by atoms with Crippen LogP contribution in [0, 0.1) is 0 Å². The maximum atomic E-state index is 2.38. The zero-order valence-electron chi connectivity index (χ0n) is 23.0. The van der Waals surface area contributed by atoms with Crippen molar-refractivity contribution in [1.29, 1.82) is 0 Å². The molecule has 0 atom stereocenters. The zero-order valence-corrected chi connectivity index (χ0v) is 23.0. The van der Waals surface area contributed by atoms with Crippen LogP contribution in [0.3, 0.4) is 0 Å². The average Bonchev–Trinajstić information content (AvgIpc) is 3.06. The lowest BCUT2D eigenvalue weighted by molar-refractivity contribution is 1.68. The van der Waals surface area contributed by atoms with Crippen LogP contribution in [0.25, 0.3) is 86.9 Å². The molecule has 0 spiro atoms. The largest absolute Gasteiger partial charge is 0.0616 e. The van der Waals surface area contributed by atoms with Crippen LogP contribution in [0.15, 0.2) is 158 Å². The lowest BCUT2D eigenvalue weighted by Gasteiger charge is -2.15. The lowest BCUT2D eigenvalue weighted by atomic mass is 9.89. The van der Waals surface area contributed by atoms with Gasteiger partial charge < -0.3 is 0 Å². The SMILES string of the molecule is c1ccc2c(c1)cc(-c1ccc3ccc(-c4cc5ccccc5c5c4ccc4ccccc45)cc3c1)c1ccccc12. The summed E-state index contributed by atoms with van der Waals surface area (Å²) >= 11 is 0. The minimum Gasteiger partial charge on any atom is -0.0616 e. The summed E-state index contributed by atoms with van der Waals surface area (Å²) in [6.07, 6.45) is 0. The van der Waals surface area contributed by atoms with E-state index in [1.54, 1.807) is 0 Å². The van der Waals surface area contributed by atoms with Crippen molar-refractivity contribution in [3.8, 4) is 22.3 Å². The topological polar surface area (TPSA) is 0 Å². The first-order valence-corrected chi connectivity index (χ1v) is 14.6. The Morgan fingerprint density at radius 1 is 0.238 bits per heavy atom. The minimum absolute atomic E-state index is 1.24. The molecule has 0 fully saturated rings. The Morgan fingerprint density at radius 3 is 1.40 bits per heavy atom. The van der Waals surface area contributed by atoms with E-state index in [1.807, 2.05) is 0 Å². The van der Waals surface area contributed by atoms with Gasteiger partial charge in [-0.3, -0.25) is 0 Å². The summed E-state index contributed by atoms with van der Waals surface area (Å²) < 4.78 is 0. The van der Waals surface area contributed by atoms with Gasteiger partial charge >= 0.3 is 0 Å². The van der Waals surface area contributed by atoms with Gasteiger partial charge in [0.05, 0.1) is 0 Å². The molecule has 194 valence electrons. The van der Waals surface area contributed by atoms with Crippen LogP contribution in [0.2, 0.25) is 0 Å². The highest BCUT2D eigenvalue weighted by molar-refractivity contribution is 6.24. The van der Waals surface area contributed by atoms with Crippen LogP contribution >= 0.6 is 0 Å². The van der Waals surface area contributed by atoms with Crippen LogP contribution in [-0.2, 0) is 0 Å². The van der Waals surface area contributed by atoms with E-state index >= 15 is 0 Å². The van der Waals surface area contributed by atoms with Gasteiger partial charge in [-0.15, -0.1) is 0 Å². The molecule has 9 rings (SSSR count). The van der Waals surface area contributed by atoms with Crippen molar-refractivity contribution in [2.45, 2.75) is 0 Å². The molecular formula is C42H26. The summed E-state index contributed by atoms with van der Waals surface area (Å²) in [5.41, 5.74) is 5.04. The first kappa shape index (κ1) is 23.3. The molecule has 0 radical (unpaired) electrons. The molecule has 0 heterocycles. The van der Waals surface area contributed by atoms with Gasteiger partial charge in [-0.2, -0.15) is 0 Å². The highest BCUT2D eigenvalue weighted by atomic mass is 14.2. The first-order chi connectivity index (χ1) is 20.8. The molecule has 0 amide bonds. The third-order valence-electron chi connectivity index (χ3n) is 8.98. The summed E-state index contributed by atoms with van der Waals surface area (Å²) in [6.45, 7) is 0. The second kappa shape index (κ2) is 9.03. The summed E-state index contributed by atoms with van der Waals surface area (Å²) in [6, 6.07) is 58.2. The number of fused-ring (bicyclic) bond motifs is 9. The van der Waals surface area contributed by atoms with E-state index in [0.29, 0.717) is 0 Å². The van der Waals surface area contributed by atoms with Crippen LogP contribution in [-0.4, -0.2) is 0 Å². The molecule has 0 unspecified atom stereocenters. The van der Waals surface area contributed by atoms with Crippen LogP contribution < -0.4 is 0 Å². The van der Waals surface area contributed by atoms with Crippen molar-refractivity contribution >= 4 is 64.6 Å². The van der Waals surface area contributed by atoms with Crippen molar-refractivity contribution < 1.29 is 0 Å². The molecule has 0 saturated heterocycles. The molecule has 0 aliphatic carbocycles. The van der Waals surface area contributed by atoms with Gasteiger partial charge in [-0.25, -0.2) is 0 Å². The Morgan fingerprint density at radius 2 is 0.714 bits per heavy atom.